The second-order valence-corrected chi connectivity index (χ2v) is 4.47. The monoisotopic (exact) mass is 289 g/mol. The first-order chi connectivity index (χ1) is 10.1. The van der Waals surface area contributed by atoms with Crippen molar-refractivity contribution in [2.75, 3.05) is 7.11 Å². The van der Waals surface area contributed by atoms with Gasteiger partial charge in [-0.3, -0.25) is 4.79 Å². The molecule has 5 heteroatoms. The lowest BCUT2D eigenvalue weighted by Gasteiger charge is -2.14. The summed E-state index contributed by atoms with van der Waals surface area (Å²) in [5.74, 6) is 0.0284. The molecule has 0 fully saturated rings. The van der Waals surface area contributed by atoms with E-state index in [1.54, 1.807) is 31.2 Å². The minimum Gasteiger partial charge on any atom is -0.494 e. The zero-order chi connectivity index (χ0) is 15.2. The molecule has 2 rings (SSSR count). The fourth-order valence-corrected chi connectivity index (χ4v) is 1.84. The number of furan rings is 1. The second-order valence-electron chi connectivity index (χ2n) is 4.47. The normalized spacial score (nSPS) is 12.3. The van der Waals surface area contributed by atoms with Crippen LogP contribution in [0.4, 0.5) is 4.39 Å². The molecule has 21 heavy (non-hydrogen) atoms. The topological polar surface area (TPSA) is 51.5 Å². The summed E-state index contributed by atoms with van der Waals surface area (Å²) in [4.78, 5) is 11.8. The van der Waals surface area contributed by atoms with Gasteiger partial charge in [-0.2, -0.15) is 0 Å². The smallest absolute Gasteiger partial charge is 0.244 e. The SMILES string of the molecule is COc1ccc([C@@H](C)NC(=O)/C=C/c2ccco2)cc1F. The molecule has 2 aromatic rings. The summed E-state index contributed by atoms with van der Waals surface area (Å²) in [6.07, 6.45) is 4.46. The summed E-state index contributed by atoms with van der Waals surface area (Å²) in [7, 11) is 1.41. The summed E-state index contributed by atoms with van der Waals surface area (Å²) < 4.78 is 23.6. The van der Waals surface area contributed by atoms with E-state index in [9.17, 15) is 9.18 Å². The largest absolute Gasteiger partial charge is 0.494 e. The fraction of sp³-hybridized carbons (Fsp3) is 0.188. The third-order valence-electron chi connectivity index (χ3n) is 2.98. The molecule has 0 unspecified atom stereocenters. The lowest BCUT2D eigenvalue weighted by Crippen LogP contribution is -2.24. The summed E-state index contributed by atoms with van der Waals surface area (Å²) in [5, 5.41) is 2.75. The highest BCUT2D eigenvalue weighted by Crippen LogP contribution is 2.21. The first-order valence-corrected chi connectivity index (χ1v) is 6.45. The number of amides is 1. The number of nitrogens with one attached hydrogen (secondary N) is 1. The number of carbonyl (C=O) groups is 1. The molecule has 0 aliphatic carbocycles. The number of carbonyl (C=O) groups excluding carboxylic acids is 1. The van der Waals surface area contributed by atoms with E-state index in [4.69, 9.17) is 9.15 Å². The van der Waals surface area contributed by atoms with Crippen molar-refractivity contribution in [1.82, 2.24) is 5.32 Å². The van der Waals surface area contributed by atoms with E-state index in [1.807, 2.05) is 0 Å². The zero-order valence-electron chi connectivity index (χ0n) is 11.8. The van der Waals surface area contributed by atoms with Crippen molar-refractivity contribution in [3.8, 4) is 5.75 Å². The predicted octanol–water partition coefficient (Wildman–Crippen LogP) is 3.32. The van der Waals surface area contributed by atoms with Crippen molar-refractivity contribution < 1.29 is 18.3 Å². The maximum atomic E-state index is 13.6. The number of halogens is 1. The molecular formula is C16H16FNO3. The molecule has 110 valence electrons. The highest BCUT2D eigenvalue weighted by Gasteiger charge is 2.11. The first-order valence-electron chi connectivity index (χ1n) is 6.45. The van der Waals surface area contributed by atoms with E-state index in [0.29, 0.717) is 11.3 Å². The van der Waals surface area contributed by atoms with Gasteiger partial charge in [0.2, 0.25) is 5.91 Å². The Kier molecular flexibility index (Phi) is 4.77. The Bertz CT molecular complexity index is 635. The first kappa shape index (κ1) is 14.8. The molecule has 0 aliphatic heterocycles. The summed E-state index contributed by atoms with van der Waals surface area (Å²) in [5.41, 5.74) is 0.660. The highest BCUT2D eigenvalue weighted by atomic mass is 19.1. The van der Waals surface area contributed by atoms with Crippen molar-refractivity contribution in [1.29, 1.82) is 0 Å². The Morgan fingerprint density at radius 2 is 2.24 bits per heavy atom. The molecule has 0 saturated carbocycles. The maximum absolute atomic E-state index is 13.6. The van der Waals surface area contributed by atoms with Gasteiger partial charge >= 0.3 is 0 Å². The van der Waals surface area contributed by atoms with E-state index >= 15 is 0 Å². The lowest BCUT2D eigenvalue weighted by atomic mass is 10.1. The van der Waals surface area contributed by atoms with E-state index in [-0.39, 0.29) is 17.7 Å². The van der Waals surface area contributed by atoms with Gasteiger partial charge in [-0.05, 0) is 42.8 Å². The molecule has 0 aliphatic rings. The molecule has 1 aromatic heterocycles. The van der Waals surface area contributed by atoms with Crippen LogP contribution in [-0.4, -0.2) is 13.0 Å². The van der Waals surface area contributed by atoms with Crippen LogP contribution in [0.5, 0.6) is 5.75 Å². The summed E-state index contributed by atoms with van der Waals surface area (Å²) in [6, 6.07) is 7.75. The number of rotatable bonds is 5. The van der Waals surface area contributed by atoms with E-state index in [1.165, 1.54) is 31.6 Å². The molecule has 1 aromatic carbocycles. The van der Waals surface area contributed by atoms with E-state index in [0.717, 1.165) is 0 Å². The molecule has 4 nitrogen and oxygen atoms in total. The average Bonchev–Trinajstić information content (AvgIpc) is 2.98. The number of benzene rings is 1. The van der Waals surface area contributed by atoms with Crippen LogP contribution in [0.1, 0.15) is 24.3 Å². The number of hydrogen-bond acceptors (Lipinski definition) is 3. The molecule has 0 spiro atoms. The van der Waals surface area contributed by atoms with Gasteiger partial charge in [-0.25, -0.2) is 4.39 Å². The molecule has 0 radical (unpaired) electrons. The average molecular weight is 289 g/mol. The van der Waals surface area contributed by atoms with Crippen LogP contribution in [0.15, 0.2) is 47.1 Å². The van der Waals surface area contributed by atoms with E-state index < -0.39 is 5.82 Å². The predicted molar refractivity (Wildman–Crippen MR) is 77.3 cm³/mol. The van der Waals surface area contributed by atoms with E-state index in [2.05, 4.69) is 5.32 Å². The Balaban J connectivity index is 1.99. The van der Waals surface area contributed by atoms with Gasteiger partial charge in [-0.1, -0.05) is 6.07 Å². The van der Waals surface area contributed by atoms with Crippen molar-refractivity contribution in [3.63, 3.8) is 0 Å². The Hall–Kier alpha value is -2.56. The summed E-state index contributed by atoms with van der Waals surface area (Å²) >= 11 is 0. The van der Waals surface area contributed by atoms with Gasteiger partial charge in [0.05, 0.1) is 19.4 Å². The van der Waals surface area contributed by atoms with Crippen molar-refractivity contribution in [2.24, 2.45) is 0 Å². The molecule has 1 heterocycles. The molecular weight excluding hydrogens is 273 g/mol. The van der Waals surface area contributed by atoms with Gasteiger partial charge in [-0.15, -0.1) is 0 Å². The Morgan fingerprint density at radius 3 is 2.86 bits per heavy atom. The zero-order valence-corrected chi connectivity index (χ0v) is 11.8. The van der Waals surface area contributed by atoms with Crippen LogP contribution < -0.4 is 10.1 Å². The number of hydrogen-bond donors (Lipinski definition) is 1. The summed E-state index contributed by atoms with van der Waals surface area (Å²) in [6.45, 7) is 1.78. The Morgan fingerprint density at radius 1 is 1.43 bits per heavy atom. The highest BCUT2D eigenvalue weighted by molar-refractivity contribution is 5.91. The maximum Gasteiger partial charge on any atom is 0.244 e. The quantitative estimate of drug-likeness (QED) is 0.859. The van der Waals surface area contributed by atoms with Gasteiger partial charge < -0.3 is 14.5 Å². The minimum absolute atomic E-state index is 0.176. The molecule has 0 bridgehead atoms. The molecule has 1 amide bonds. The van der Waals surface area contributed by atoms with Crippen LogP contribution in [0.2, 0.25) is 0 Å². The number of methoxy groups -OCH3 is 1. The van der Waals surface area contributed by atoms with Crippen LogP contribution in [0, 0.1) is 5.82 Å². The second kappa shape index (κ2) is 6.74. The standard InChI is InChI=1S/C16H16FNO3/c1-11(12-5-7-15(20-2)14(17)10-12)18-16(19)8-6-13-4-3-9-21-13/h3-11H,1-2H3,(H,18,19)/b8-6+/t11-/m1/s1. The third-order valence-corrected chi connectivity index (χ3v) is 2.98. The van der Waals surface area contributed by atoms with Crippen LogP contribution >= 0.6 is 0 Å². The Labute approximate surface area is 122 Å². The fourth-order valence-electron chi connectivity index (χ4n) is 1.84. The van der Waals surface area contributed by atoms with Gasteiger partial charge in [0.1, 0.15) is 5.76 Å². The van der Waals surface area contributed by atoms with Crippen molar-refractivity contribution in [3.05, 3.63) is 59.8 Å². The van der Waals surface area contributed by atoms with Crippen LogP contribution in [0.25, 0.3) is 6.08 Å². The number of ether oxygens (including phenoxy) is 1. The van der Waals surface area contributed by atoms with Crippen LogP contribution in [-0.2, 0) is 4.79 Å². The van der Waals surface area contributed by atoms with Gasteiger partial charge in [0.25, 0.3) is 0 Å². The minimum atomic E-state index is -0.456. The lowest BCUT2D eigenvalue weighted by molar-refractivity contribution is -0.117. The molecule has 1 atom stereocenters. The van der Waals surface area contributed by atoms with Crippen molar-refractivity contribution in [2.45, 2.75) is 13.0 Å². The van der Waals surface area contributed by atoms with Crippen molar-refractivity contribution >= 4 is 12.0 Å². The third kappa shape index (κ3) is 3.95. The van der Waals surface area contributed by atoms with Gasteiger partial charge in [0, 0.05) is 6.08 Å². The molecule has 0 saturated heterocycles. The van der Waals surface area contributed by atoms with Gasteiger partial charge in [0.15, 0.2) is 11.6 Å². The molecule has 1 N–H and O–H groups in total. The van der Waals surface area contributed by atoms with Crippen LogP contribution in [0.3, 0.4) is 0 Å².